The maximum absolute atomic E-state index is 11.6. The van der Waals surface area contributed by atoms with E-state index < -0.39 is 5.97 Å². The van der Waals surface area contributed by atoms with Crippen molar-refractivity contribution >= 4 is 5.97 Å². The van der Waals surface area contributed by atoms with E-state index in [2.05, 4.69) is 15.1 Å². The first-order valence-electron chi connectivity index (χ1n) is 7.60. The van der Waals surface area contributed by atoms with E-state index in [1.165, 1.54) is 0 Å². The van der Waals surface area contributed by atoms with E-state index in [9.17, 15) is 9.90 Å². The Kier molecular flexibility index (Phi) is 3.89. The molecule has 0 spiro atoms. The van der Waals surface area contributed by atoms with Gasteiger partial charge in [-0.2, -0.15) is 5.10 Å². The predicted molar refractivity (Wildman–Crippen MR) is 90.5 cm³/mol. The number of carboxylic acid groups (broad SMARTS) is 1. The monoisotopic (exact) mass is 322 g/mol. The summed E-state index contributed by atoms with van der Waals surface area (Å²) in [5.41, 5.74) is 4.73. The van der Waals surface area contributed by atoms with Gasteiger partial charge in [0.25, 0.3) is 0 Å². The lowest BCUT2D eigenvalue weighted by molar-refractivity contribution is 0.0697. The first kappa shape index (κ1) is 15.9. The van der Waals surface area contributed by atoms with Crippen LogP contribution in [0.3, 0.4) is 0 Å². The average Bonchev–Trinajstić information content (AvgIpc) is 2.92. The Morgan fingerprint density at radius 1 is 1.00 bits per heavy atom. The number of carboxylic acids is 1. The molecule has 2 heterocycles. The Labute approximate surface area is 139 Å². The molecule has 0 saturated heterocycles. The highest BCUT2D eigenvalue weighted by Gasteiger charge is 2.19. The van der Waals surface area contributed by atoms with Crippen molar-refractivity contribution in [3.8, 4) is 17.1 Å². The molecule has 122 valence electrons. The van der Waals surface area contributed by atoms with Gasteiger partial charge in [0.1, 0.15) is 0 Å². The number of benzene rings is 1. The molecule has 0 aliphatic carbocycles. The van der Waals surface area contributed by atoms with E-state index in [4.69, 9.17) is 0 Å². The number of aromatic carboxylic acids is 1. The van der Waals surface area contributed by atoms with Crippen LogP contribution in [0.1, 0.15) is 33.1 Å². The number of hydrogen-bond donors (Lipinski definition) is 1. The molecule has 3 rings (SSSR count). The standard InChI is InChI=1S/C18H18N4O2/c1-10-9-16(14-7-5-6-8-15(14)18(23)24)22(21-10)17-13(4)19-11(2)12(3)20-17/h5-9H,1-4H3,(H,23,24). The van der Waals surface area contributed by atoms with Crippen molar-refractivity contribution in [1.29, 1.82) is 0 Å². The van der Waals surface area contributed by atoms with Crippen LogP contribution in [0.25, 0.3) is 17.1 Å². The van der Waals surface area contributed by atoms with Crippen molar-refractivity contribution in [3.63, 3.8) is 0 Å². The van der Waals surface area contributed by atoms with Gasteiger partial charge in [-0.1, -0.05) is 18.2 Å². The molecule has 2 aromatic heterocycles. The molecule has 1 aromatic carbocycles. The summed E-state index contributed by atoms with van der Waals surface area (Å²) in [6.45, 7) is 7.55. The van der Waals surface area contributed by atoms with E-state index in [0.717, 1.165) is 22.8 Å². The fourth-order valence-electron chi connectivity index (χ4n) is 2.65. The van der Waals surface area contributed by atoms with Crippen LogP contribution in [0, 0.1) is 27.7 Å². The van der Waals surface area contributed by atoms with E-state index in [1.807, 2.05) is 39.8 Å². The highest BCUT2D eigenvalue weighted by Crippen LogP contribution is 2.27. The molecule has 0 unspecified atom stereocenters. The third kappa shape index (κ3) is 2.67. The molecule has 3 aromatic rings. The van der Waals surface area contributed by atoms with Gasteiger partial charge in [-0.25, -0.2) is 14.5 Å². The lowest BCUT2D eigenvalue weighted by Crippen LogP contribution is -2.10. The van der Waals surface area contributed by atoms with Crippen molar-refractivity contribution in [2.75, 3.05) is 0 Å². The molecule has 0 aliphatic heterocycles. The van der Waals surface area contributed by atoms with Crippen LogP contribution < -0.4 is 0 Å². The SMILES string of the molecule is Cc1cc(-c2ccccc2C(=O)O)n(-c2nc(C)c(C)nc2C)n1. The van der Waals surface area contributed by atoms with Crippen LogP contribution in [-0.4, -0.2) is 30.8 Å². The number of aromatic nitrogens is 4. The van der Waals surface area contributed by atoms with Gasteiger partial charge in [0, 0.05) is 5.56 Å². The van der Waals surface area contributed by atoms with Gasteiger partial charge in [-0.15, -0.1) is 0 Å². The topological polar surface area (TPSA) is 80.9 Å². The number of nitrogens with zero attached hydrogens (tertiary/aromatic N) is 4. The van der Waals surface area contributed by atoms with Crippen molar-refractivity contribution in [1.82, 2.24) is 19.7 Å². The van der Waals surface area contributed by atoms with Gasteiger partial charge in [0.05, 0.1) is 34.0 Å². The molecule has 6 heteroatoms. The Morgan fingerprint density at radius 3 is 2.38 bits per heavy atom. The van der Waals surface area contributed by atoms with Crippen molar-refractivity contribution in [2.45, 2.75) is 27.7 Å². The lowest BCUT2D eigenvalue weighted by Gasteiger charge is -2.12. The second-order valence-electron chi connectivity index (χ2n) is 5.74. The van der Waals surface area contributed by atoms with Gasteiger partial charge in [0.2, 0.25) is 0 Å². The van der Waals surface area contributed by atoms with Crippen molar-refractivity contribution in [3.05, 3.63) is 58.7 Å². The zero-order valence-electron chi connectivity index (χ0n) is 14.0. The molecule has 24 heavy (non-hydrogen) atoms. The zero-order valence-corrected chi connectivity index (χ0v) is 14.0. The summed E-state index contributed by atoms with van der Waals surface area (Å²) < 4.78 is 1.67. The minimum atomic E-state index is -0.973. The number of aryl methyl sites for hydroxylation is 4. The Morgan fingerprint density at radius 2 is 1.67 bits per heavy atom. The minimum Gasteiger partial charge on any atom is -0.478 e. The molecule has 0 fully saturated rings. The summed E-state index contributed by atoms with van der Waals surface area (Å²) in [6.07, 6.45) is 0. The van der Waals surface area contributed by atoms with E-state index in [-0.39, 0.29) is 5.56 Å². The summed E-state index contributed by atoms with van der Waals surface area (Å²) in [5.74, 6) is -0.361. The van der Waals surface area contributed by atoms with Gasteiger partial charge >= 0.3 is 5.97 Å². The smallest absolute Gasteiger partial charge is 0.336 e. The quantitative estimate of drug-likeness (QED) is 0.800. The largest absolute Gasteiger partial charge is 0.478 e. The lowest BCUT2D eigenvalue weighted by atomic mass is 10.0. The van der Waals surface area contributed by atoms with E-state index in [1.54, 1.807) is 22.9 Å². The predicted octanol–water partition coefficient (Wildman–Crippen LogP) is 3.26. The van der Waals surface area contributed by atoms with Crippen molar-refractivity contribution in [2.24, 2.45) is 0 Å². The molecule has 0 bridgehead atoms. The van der Waals surface area contributed by atoms with Gasteiger partial charge in [-0.05, 0) is 39.8 Å². The summed E-state index contributed by atoms with van der Waals surface area (Å²) in [6, 6.07) is 8.75. The number of rotatable bonds is 3. The van der Waals surface area contributed by atoms with Crippen molar-refractivity contribution < 1.29 is 9.90 Å². The van der Waals surface area contributed by atoms with Gasteiger partial charge in [0.15, 0.2) is 5.82 Å². The molecule has 6 nitrogen and oxygen atoms in total. The van der Waals surface area contributed by atoms with Crippen LogP contribution in [0.2, 0.25) is 0 Å². The number of carbonyl (C=O) groups is 1. The van der Waals surface area contributed by atoms with E-state index >= 15 is 0 Å². The maximum atomic E-state index is 11.6. The van der Waals surface area contributed by atoms with E-state index in [0.29, 0.717) is 17.1 Å². The summed E-state index contributed by atoms with van der Waals surface area (Å²) in [5, 5.41) is 14.0. The van der Waals surface area contributed by atoms with Gasteiger partial charge < -0.3 is 5.11 Å². The average molecular weight is 322 g/mol. The third-order valence-electron chi connectivity index (χ3n) is 3.92. The molecular weight excluding hydrogens is 304 g/mol. The third-order valence-corrected chi connectivity index (χ3v) is 3.92. The van der Waals surface area contributed by atoms with Crippen LogP contribution in [-0.2, 0) is 0 Å². The Hall–Kier alpha value is -3.02. The second kappa shape index (κ2) is 5.88. The maximum Gasteiger partial charge on any atom is 0.336 e. The molecular formula is C18H18N4O2. The molecule has 1 N–H and O–H groups in total. The van der Waals surface area contributed by atoms with Crippen LogP contribution in [0.15, 0.2) is 30.3 Å². The molecule has 0 amide bonds. The zero-order chi connectivity index (χ0) is 17.4. The van der Waals surface area contributed by atoms with Crippen LogP contribution in [0.4, 0.5) is 0 Å². The molecule has 0 saturated carbocycles. The van der Waals surface area contributed by atoms with Crippen LogP contribution in [0.5, 0.6) is 0 Å². The normalized spacial score (nSPS) is 10.8. The first-order valence-corrected chi connectivity index (χ1v) is 7.60. The van der Waals surface area contributed by atoms with Gasteiger partial charge in [-0.3, -0.25) is 4.98 Å². The minimum absolute atomic E-state index is 0.230. The fraction of sp³-hybridized carbons (Fsp3) is 0.222. The molecule has 0 atom stereocenters. The Balaban J connectivity index is 2.28. The highest BCUT2D eigenvalue weighted by molar-refractivity contribution is 5.95. The molecule has 0 radical (unpaired) electrons. The van der Waals surface area contributed by atoms with Crippen LogP contribution >= 0.6 is 0 Å². The molecule has 0 aliphatic rings. The summed E-state index contributed by atoms with van der Waals surface area (Å²) >= 11 is 0. The summed E-state index contributed by atoms with van der Waals surface area (Å²) in [4.78, 5) is 20.7. The summed E-state index contributed by atoms with van der Waals surface area (Å²) in [7, 11) is 0. The first-order chi connectivity index (χ1) is 11.4. The fourth-order valence-corrected chi connectivity index (χ4v) is 2.65. The second-order valence-corrected chi connectivity index (χ2v) is 5.74. The number of hydrogen-bond acceptors (Lipinski definition) is 4. The highest BCUT2D eigenvalue weighted by atomic mass is 16.4. The Bertz CT molecular complexity index is 944.